The minimum atomic E-state index is -5.08. The van der Waals surface area contributed by atoms with E-state index < -0.39 is 24.3 Å². The summed E-state index contributed by atoms with van der Waals surface area (Å²) in [6.07, 6.45) is -7.82. The number of hydrogen-bond donors (Lipinski definition) is 3. The molecule has 2 aliphatic heterocycles. The highest BCUT2D eigenvalue weighted by Gasteiger charge is 2.39. The van der Waals surface area contributed by atoms with E-state index in [-0.39, 0.29) is 5.91 Å². The number of alkyl halides is 6. The van der Waals surface area contributed by atoms with Gasteiger partial charge in [0, 0.05) is 55.2 Å². The number of aromatic amines is 1. The zero-order valence-corrected chi connectivity index (χ0v) is 27.8. The van der Waals surface area contributed by atoms with E-state index in [0.29, 0.717) is 12.0 Å². The van der Waals surface area contributed by atoms with Gasteiger partial charge in [0.05, 0.1) is 0 Å². The summed E-state index contributed by atoms with van der Waals surface area (Å²) in [6.45, 7) is 15.4. The molecular weight excluding hydrogens is 658 g/mol. The third kappa shape index (κ3) is 10.7. The van der Waals surface area contributed by atoms with Gasteiger partial charge >= 0.3 is 24.3 Å². The maximum atomic E-state index is 13.7. The van der Waals surface area contributed by atoms with Gasteiger partial charge in [-0.2, -0.15) is 26.3 Å². The summed E-state index contributed by atoms with van der Waals surface area (Å²) < 4.78 is 63.5. The Labute approximate surface area is 280 Å². The number of aromatic nitrogens is 1. The van der Waals surface area contributed by atoms with E-state index in [2.05, 4.69) is 78.9 Å². The molecule has 0 spiro atoms. The van der Waals surface area contributed by atoms with E-state index in [1.54, 1.807) is 5.56 Å². The number of para-hydroxylation sites is 1. The second-order valence-corrected chi connectivity index (χ2v) is 12.4. The molecule has 2 saturated heterocycles. The standard InChI is InChI=1S/C30H40N4O.2C2HF3O2/c1-21(2)33-16-18-34(19-17-33)30(35)29-26(25-10-5-6-11-27(25)31-29)20-32-14-12-24(13-15-32)28-22(3)8-7-9-23(28)4;2*3-2(4,5)1(6)7/h5-11,21,24,31H,12-20H2,1-4H3;2*(H,6,7). The molecule has 0 saturated carbocycles. The van der Waals surface area contributed by atoms with Gasteiger partial charge in [-0.3, -0.25) is 14.6 Å². The number of carbonyl (C=O) groups excluding carboxylic acids is 1. The third-order valence-corrected chi connectivity index (χ3v) is 8.76. The first-order valence-electron chi connectivity index (χ1n) is 15.8. The van der Waals surface area contributed by atoms with E-state index in [1.165, 1.54) is 34.9 Å². The van der Waals surface area contributed by atoms with Gasteiger partial charge in [-0.15, -0.1) is 0 Å². The first-order valence-corrected chi connectivity index (χ1v) is 15.8. The number of H-pyrrole nitrogens is 1. The predicted molar refractivity (Wildman–Crippen MR) is 171 cm³/mol. The number of carboxylic acids is 2. The van der Waals surface area contributed by atoms with Gasteiger partial charge in [0.2, 0.25) is 0 Å². The maximum absolute atomic E-state index is 13.7. The molecule has 270 valence electrons. The number of likely N-dealkylation sites (tertiary alicyclic amines) is 1. The molecule has 0 bridgehead atoms. The summed E-state index contributed by atoms with van der Waals surface area (Å²) in [4.78, 5) is 42.0. The lowest BCUT2D eigenvalue weighted by atomic mass is 9.84. The summed E-state index contributed by atoms with van der Waals surface area (Å²) >= 11 is 0. The van der Waals surface area contributed by atoms with Crippen LogP contribution in [0.4, 0.5) is 26.3 Å². The second kappa shape index (κ2) is 16.5. The van der Waals surface area contributed by atoms with Gasteiger partial charge < -0.3 is 20.1 Å². The number of nitrogens with one attached hydrogen (secondary N) is 1. The van der Waals surface area contributed by atoms with Crippen molar-refractivity contribution in [1.29, 1.82) is 0 Å². The second-order valence-electron chi connectivity index (χ2n) is 12.4. The Morgan fingerprint density at radius 3 is 1.76 bits per heavy atom. The lowest BCUT2D eigenvalue weighted by Crippen LogP contribution is -2.51. The van der Waals surface area contributed by atoms with E-state index in [9.17, 15) is 31.1 Å². The van der Waals surface area contributed by atoms with Gasteiger partial charge in [0.1, 0.15) is 5.69 Å². The Kier molecular flexibility index (Phi) is 13.3. The zero-order chi connectivity index (χ0) is 36.7. The Morgan fingerprint density at radius 2 is 1.29 bits per heavy atom. The van der Waals surface area contributed by atoms with Crippen molar-refractivity contribution in [2.75, 3.05) is 39.3 Å². The number of fused-ring (bicyclic) bond motifs is 1. The molecule has 0 unspecified atom stereocenters. The van der Waals surface area contributed by atoms with E-state index >= 15 is 0 Å². The SMILES string of the molecule is Cc1cccc(C)c1C1CCN(Cc2c(C(=O)N3CCN(C(C)C)CC3)[nH]c3ccccc23)CC1.O=C(O)C(F)(F)F.O=C(O)C(F)(F)F. The van der Waals surface area contributed by atoms with Crippen molar-refractivity contribution in [1.82, 2.24) is 19.7 Å². The smallest absolute Gasteiger partial charge is 0.475 e. The van der Waals surface area contributed by atoms with E-state index in [1.807, 2.05) is 11.0 Å². The van der Waals surface area contributed by atoms with Crippen molar-refractivity contribution in [2.45, 2.75) is 71.4 Å². The average Bonchev–Trinajstić information content (AvgIpc) is 3.39. The molecule has 2 aromatic carbocycles. The molecule has 3 aromatic rings. The van der Waals surface area contributed by atoms with Gasteiger partial charge in [-0.05, 0) is 82.3 Å². The molecule has 2 fully saturated rings. The molecule has 0 radical (unpaired) electrons. The Morgan fingerprint density at radius 1 is 0.796 bits per heavy atom. The van der Waals surface area contributed by atoms with Gasteiger partial charge in [-0.25, -0.2) is 9.59 Å². The normalized spacial score (nSPS) is 16.5. The molecular formula is C34H42F6N4O5. The monoisotopic (exact) mass is 700 g/mol. The number of halogens is 6. The summed E-state index contributed by atoms with van der Waals surface area (Å²) in [5, 5.41) is 15.4. The first kappa shape index (κ1) is 39.3. The van der Waals surface area contributed by atoms with Crippen molar-refractivity contribution < 1.29 is 50.9 Å². The number of carbonyl (C=O) groups is 3. The number of amides is 1. The van der Waals surface area contributed by atoms with Crippen LogP contribution < -0.4 is 0 Å². The van der Waals surface area contributed by atoms with Gasteiger partial charge in [-0.1, -0.05) is 36.4 Å². The van der Waals surface area contributed by atoms with E-state index in [0.717, 1.165) is 57.0 Å². The number of aryl methyl sites for hydroxylation is 2. The van der Waals surface area contributed by atoms with Crippen LogP contribution in [-0.2, 0) is 16.1 Å². The van der Waals surface area contributed by atoms with Gasteiger partial charge in [0.15, 0.2) is 0 Å². The fourth-order valence-corrected chi connectivity index (χ4v) is 6.22. The summed E-state index contributed by atoms with van der Waals surface area (Å²) in [7, 11) is 0. The highest BCUT2D eigenvalue weighted by atomic mass is 19.4. The third-order valence-electron chi connectivity index (χ3n) is 8.76. The molecule has 49 heavy (non-hydrogen) atoms. The van der Waals surface area contributed by atoms with Crippen molar-refractivity contribution in [3.8, 4) is 0 Å². The number of benzene rings is 2. The molecule has 1 amide bonds. The lowest BCUT2D eigenvalue weighted by molar-refractivity contribution is -0.193. The summed E-state index contributed by atoms with van der Waals surface area (Å²) in [6, 6.07) is 15.6. The van der Waals surface area contributed by atoms with E-state index in [4.69, 9.17) is 19.8 Å². The quantitative estimate of drug-likeness (QED) is 0.257. The summed E-state index contributed by atoms with van der Waals surface area (Å²) in [5.74, 6) is -4.72. The van der Waals surface area contributed by atoms with Crippen LogP contribution in [0.25, 0.3) is 10.9 Å². The Hall–Kier alpha value is -4.11. The topological polar surface area (TPSA) is 117 Å². The van der Waals surface area contributed by atoms with Crippen LogP contribution in [0, 0.1) is 13.8 Å². The van der Waals surface area contributed by atoms with Crippen LogP contribution in [0.3, 0.4) is 0 Å². The molecule has 5 rings (SSSR count). The fraction of sp³-hybridized carbons (Fsp3) is 0.500. The molecule has 2 aliphatic rings. The Balaban J connectivity index is 0.000000392. The largest absolute Gasteiger partial charge is 0.490 e. The van der Waals surface area contributed by atoms with Crippen molar-refractivity contribution >= 4 is 28.7 Å². The molecule has 15 heteroatoms. The predicted octanol–water partition coefficient (Wildman–Crippen LogP) is 6.60. The highest BCUT2D eigenvalue weighted by Crippen LogP contribution is 2.34. The lowest BCUT2D eigenvalue weighted by Gasteiger charge is -2.37. The van der Waals surface area contributed by atoms with Crippen LogP contribution in [0.1, 0.15) is 65.3 Å². The van der Waals surface area contributed by atoms with Crippen molar-refractivity contribution in [3.05, 3.63) is 70.4 Å². The molecule has 3 heterocycles. The number of rotatable bonds is 5. The number of piperidine rings is 1. The van der Waals surface area contributed by atoms with Crippen LogP contribution >= 0.6 is 0 Å². The number of carboxylic acid groups (broad SMARTS) is 2. The maximum Gasteiger partial charge on any atom is 0.490 e. The zero-order valence-electron chi connectivity index (χ0n) is 27.8. The van der Waals surface area contributed by atoms with Crippen LogP contribution in [-0.4, -0.2) is 105 Å². The fourth-order valence-electron chi connectivity index (χ4n) is 6.22. The van der Waals surface area contributed by atoms with Crippen molar-refractivity contribution in [3.63, 3.8) is 0 Å². The number of nitrogens with zero attached hydrogens (tertiary/aromatic N) is 3. The molecule has 0 atom stereocenters. The molecule has 0 aliphatic carbocycles. The average molecular weight is 701 g/mol. The van der Waals surface area contributed by atoms with Crippen LogP contribution in [0.15, 0.2) is 42.5 Å². The minimum Gasteiger partial charge on any atom is -0.475 e. The highest BCUT2D eigenvalue weighted by molar-refractivity contribution is 6.01. The number of aliphatic carboxylic acids is 2. The Bertz CT molecular complexity index is 1540. The van der Waals surface area contributed by atoms with Crippen LogP contribution in [0.5, 0.6) is 0 Å². The number of hydrogen-bond acceptors (Lipinski definition) is 5. The molecule has 9 nitrogen and oxygen atoms in total. The molecule has 1 aromatic heterocycles. The molecule has 3 N–H and O–H groups in total. The first-order chi connectivity index (χ1) is 22.8. The van der Waals surface area contributed by atoms with Crippen molar-refractivity contribution in [2.24, 2.45) is 0 Å². The minimum absolute atomic E-state index is 0.157. The number of piperazine rings is 1. The van der Waals surface area contributed by atoms with Crippen LogP contribution in [0.2, 0.25) is 0 Å². The summed E-state index contributed by atoms with van der Waals surface area (Å²) in [5.41, 5.74) is 7.42. The van der Waals surface area contributed by atoms with Gasteiger partial charge in [0.25, 0.3) is 5.91 Å².